The van der Waals surface area contributed by atoms with Crippen LogP contribution in [0, 0.1) is 12.7 Å². The zero-order valence-electron chi connectivity index (χ0n) is 9.61. The molecule has 0 spiro atoms. The summed E-state index contributed by atoms with van der Waals surface area (Å²) < 4.78 is 14.0. The zero-order chi connectivity index (χ0) is 12.5. The number of aryl methyl sites for hydroxylation is 1. The lowest BCUT2D eigenvalue weighted by molar-refractivity contribution is 0.629. The molecule has 0 unspecified atom stereocenters. The Kier molecular flexibility index (Phi) is 2.97. The van der Waals surface area contributed by atoms with Crippen LogP contribution in [-0.2, 0) is 6.54 Å². The third-order valence-corrected chi connectivity index (χ3v) is 4.37. The number of thiazole rings is 2. The van der Waals surface area contributed by atoms with E-state index in [-0.39, 0.29) is 5.82 Å². The van der Waals surface area contributed by atoms with Crippen molar-refractivity contribution in [3.8, 4) is 0 Å². The molecule has 0 aliphatic rings. The first kappa shape index (κ1) is 11.6. The van der Waals surface area contributed by atoms with Crippen LogP contribution in [0.15, 0.2) is 23.6 Å². The quantitative estimate of drug-likeness (QED) is 0.792. The van der Waals surface area contributed by atoms with E-state index in [1.54, 1.807) is 17.4 Å². The molecule has 1 aromatic carbocycles. The summed E-state index contributed by atoms with van der Waals surface area (Å²) in [5.74, 6) is -0.255. The normalized spacial score (nSPS) is 11.0. The van der Waals surface area contributed by atoms with Crippen molar-refractivity contribution in [2.24, 2.45) is 0 Å². The van der Waals surface area contributed by atoms with Gasteiger partial charge < -0.3 is 5.32 Å². The van der Waals surface area contributed by atoms with Gasteiger partial charge >= 0.3 is 0 Å². The van der Waals surface area contributed by atoms with Crippen molar-refractivity contribution in [2.45, 2.75) is 13.5 Å². The number of anilines is 1. The van der Waals surface area contributed by atoms with Crippen molar-refractivity contribution in [3.63, 3.8) is 0 Å². The largest absolute Gasteiger partial charge is 0.355 e. The first-order valence-electron chi connectivity index (χ1n) is 5.42. The van der Waals surface area contributed by atoms with Crippen LogP contribution in [0.4, 0.5) is 9.52 Å². The van der Waals surface area contributed by atoms with Crippen LogP contribution in [0.3, 0.4) is 0 Å². The minimum Gasteiger partial charge on any atom is -0.355 e. The van der Waals surface area contributed by atoms with Crippen LogP contribution >= 0.6 is 22.7 Å². The molecular formula is C12H10FN3S2. The number of rotatable bonds is 3. The molecule has 2 aromatic heterocycles. The summed E-state index contributed by atoms with van der Waals surface area (Å²) in [4.78, 5) is 8.71. The Labute approximate surface area is 111 Å². The lowest BCUT2D eigenvalue weighted by Gasteiger charge is -1.97. The molecule has 0 radical (unpaired) electrons. The van der Waals surface area contributed by atoms with Crippen LogP contribution < -0.4 is 5.32 Å². The topological polar surface area (TPSA) is 37.8 Å². The van der Waals surface area contributed by atoms with E-state index in [2.05, 4.69) is 15.3 Å². The summed E-state index contributed by atoms with van der Waals surface area (Å²) in [6.07, 6.45) is 0. The molecular weight excluding hydrogens is 269 g/mol. The Bertz CT molecular complexity index is 690. The van der Waals surface area contributed by atoms with Gasteiger partial charge in [-0.25, -0.2) is 14.4 Å². The van der Waals surface area contributed by atoms with Crippen LogP contribution in [0.25, 0.3) is 10.2 Å². The van der Waals surface area contributed by atoms with Gasteiger partial charge in [-0.15, -0.1) is 11.3 Å². The molecule has 0 saturated heterocycles. The second kappa shape index (κ2) is 4.62. The van der Waals surface area contributed by atoms with Gasteiger partial charge in [-0.2, -0.15) is 0 Å². The fraction of sp³-hybridized carbons (Fsp3) is 0.167. The summed E-state index contributed by atoms with van der Waals surface area (Å²) in [5.41, 5.74) is 1.72. The molecule has 0 atom stereocenters. The maximum Gasteiger partial charge on any atom is 0.184 e. The Balaban J connectivity index is 1.78. The van der Waals surface area contributed by atoms with Crippen molar-refractivity contribution < 1.29 is 4.39 Å². The van der Waals surface area contributed by atoms with E-state index in [0.29, 0.717) is 12.1 Å². The molecule has 3 rings (SSSR count). The van der Waals surface area contributed by atoms with Crippen LogP contribution in [0.5, 0.6) is 0 Å². The van der Waals surface area contributed by atoms with E-state index in [1.165, 1.54) is 23.5 Å². The van der Waals surface area contributed by atoms with Crippen LogP contribution in [0.2, 0.25) is 0 Å². The summed E-state index contributed by atoms with van der Waals surface area (Å²) >= 11 is 3.14. The summed E-state index contributed by atoms with van der Waals surface area (Å²) in [7, 11) is 0. The second-order valence-electron chi connectivity index (χ2n) is 3.87. The zero-order valence-corrected chi connectivity index (χ0v) is 11.2. The van der Waals surface area contributed by atoms with E-state index in [9.17, 15) is 4.39 Å². The summed E-state index contributed by atoms with van der Waals surface area (Å²) in [6, 6.07) is 4.65. The van der Waals surface area contributed by atoms with Crippen molar-refractivity contribution in [3.05, 3.63) is 40.1 Å². The molecule has 0 aliphatic heterocycles. The van der Waals surface area contributed by atoms with Gasteiger partial charge in [0.25, 0.3) is 0 Å². The number of halogens is 1. The van der Waals surface area contributed by atoms with Crippen molar-refractivity contribution in [1.82, 2.24) is 9.97 Å². The SMILES string of the molecule is Cc1csc(CNc2nc3cc(F)ccc3s2)n1. The molecule has 1 N–H and O–H groups in total. The summed E-state index contributed by atoms with van der Waals surface area (Å²) in [5, 5.41) is 7.06. The molecule has 0 fully saturated rings. The first-order valence-corrected chi connectivity index (χ1v) is 7.11. The van der Waals surface area contributed by atoms with E-state index < -0.39 is 0 Å². The Morgan fingerprint density at radius 3 is 3.00 bits per heavy atom. The lowest BCUT2D eigenvalue weighted by atomic mass is 10.3. The number of hydrogen-bond acceptors (Lipinski definition) is 5. The predicted octanol–water partition coefficient (Wildman–Crippen LogP) is 3.81. The van der Waals surface area contributed by atoms with Gasteiger partial charge in [0.05, 0.1) is 16.8 Å². The number of hydrogen-bond donors (Lipinski definition) is 1. The van der Waals surface area contributed by atoms with Gasteiger partial charge in [-0.1, -0.05) is 11.3 Å². The number of benzene rings is 1. The van der Waals surface area contributed by atoms with Crippen molar-refractivity contribution >= 4 is 38.0 Å². The molecule has 0 saturated carbocycles. The van der Waals surface area contributed by atoms with E-state index in [1.807, 2.05) is 12.3 Å². The van der Waals surface area contributed by atoms with Gasteiger partial charge in [0, 0.05) is 17.1 Å². The number of fused-ring (bicyclic) bond motifs is 1. The monoisotopic (exact) mass is 279 g/mol. The Hall–Kier alpha value is -1.53. The van der Waals surface area contributed by atoms with Gasteiger partial charge in [0.1, 0.15) is 10.8 Å². The molecule has 0 amide bonds. The standard InChI is InChI=1S/C12H10FN3S2/c1-7-6-17-11(15-7)5-14-12-16-9-4-8(13)2-3-10(9)18-12/h2-4,6H,5H2,1H3,(H,14,16). The highest BCUT2D eigenvalue weighted by atomic mass is 32.1. The predicted molar refractivity (Wildman–Crippen MR) is 73.8 cm³/mol. The molecule has 2 heterocycles. The van der Waals surface area contributed by atoms with Gasteiger partial charge in [0.2, 0.25) is 0 Å². The van der Waals surface area contributed by atoms with Gasteiger partial charge in [0.15, 0.2) is 5.13 Å². The maximum absolute atomic E-state index is 13.0. The van der Waals surface area contributed by atoms with Gasteiger partial charge in [-0.05, 0) is 19.1 Å². The maximum atomic E-state index is 13.0. The second-order valence-corrected chi connectivity index (χ2v) is 5.84. The van der Waals surface area contributed by atoms with E-state index in [4.69, 9.17) is 0 Å². The smallest absolute Gasteiger partial charge is 0.184 e. The van der Waals surface area contributed by atoms with Crippen LogP contribution in [-0.4, -0.2) is 9.97 Å². The first-order chi connectivity index (χ1) is 8.70. The Morgan fingerprint density at radius 1 is 1.33 bits per heavy atom. The fourth-order valence-corrected chi connectivity index (χ4v) is 3.16. The van der Waals surface area contributed by atoms with Gasteiger partial charge in [-0.3, -0.25) is 0 Å². The highest BCUT2D eigenvalue weighted by Crippen LogP contribution is 2.26. The van der Waals surface area contributed by atoms with Crippen molar-refractivity contribution in [1.29, 1.82) is 0 Å². The van der Waals surface area contributed by atoms with Crippen molar-refractivity contribution in [2.75, 3.05) is 5.32 Å². The molecule has 6 heteroatoms. The van der Waals surface area contributed by atoms with E-state index in [0.717, 1.165) is 20.5 Å². The molecule has 3 aromatic rings. The Morgan fingerprint density at radius 2 is 2.22 bits per heavy atom. The molecule has 18 heavy (non-hydrogen) atoms. The minimum absolute atomic E-state index is 0.255. The number of aromatic nitrogens is 2. The van der Waals surface area contributed by atoms with Crippen LogP contribution in [0.1, 0.15) is 10.7 Å². The number of nitrogens with one attached hydrogen (secondary N) is 1. The minimum atomic E-state index is -0.255. The highest BCUT2D eigenvalue weighted by Gasteiger charge is 2.05. The average Bonchev–Trinajstić information content (AvgIpc) is 2.92. The number of nitrogens with zero attached hydrogens (tertiary/aromatic N) is 2. The fourth-order valence-electron chi connectivity index (χ4n) is 1.61. The summed E-state index contributed by atoms with van der Waals surface area (Å²) in [6.45, 7) is 2.63. The molecule has 0 bridgehead atoms. The van der Waals surface area contributed by atoms with E-state index >= 15 is 0 Å². The molecule has 3 nitrogen and oxygen atoms in total. The third-order valence-electron chi connectivity index (χ3n) is 2.41. The average molecular weight is 279 g/mol. The third kappa shape index (κ3) is 2.34. The highest BCUT2D eigenvalue weighted by molar-refractivity contribution is 7.22. The molecule has 92 valence electrons. The lowest BCUT2D eigenvalue weighted by Crippen LogP contribution is -1.98. The molecule has 0 aliphatic carbocycles.